The summed E-state index contributed by atoms with van der Waals surface area (Å²) in [5.41, 5.74) is 3.53. The summed E-state index contributed by atoms with van der Waals surface area (Å²) >= 11 is 0. The van der Waals surface area contributed by atoms with Crippen LogP contribution in [0, 0.1) is 18.2 Å². The number of halogens is 1. The van der Waals surface area contributed by atoms with Crippen molar-refractivity contribution in [3.63, 3.8) is 0 Å². The van der Waals surface area contributed by atoms with Gasteiger partial charge in [-0.05, 0) is 79.1 Å². The molecule has 0 saturated carbocycles. The van der Waals surface area contributed by atoms with Crippen LogP contribution in [0.2, 0.25) is 0 Å². The van der Waals surface area contributed by atoms with Gasteiger partial charge in [0, 0.05) is 22.9 Å². The Kier molecular flexibility index (Phi) is 5.82. The van der Waals surface area contributed by atoms with Gasteiger partial charge in [0.05, 0.1) is 11.5 Å². The number of nitrogens with zero attached hydrogens (tertiary/aromatic N) is 2. The fourth-order valence-electron chi connectivity index (χ4n) is 6.48. The first kappa shape index (κ1) is 25.2. The number of carbonyl (C=O) groups is 3. The van der Waals surface area contributed by atoms with Gasteiger partial charge in [0.25, 0.3) is 0 Å². The number of carbonyl (C=O) groups excluding carboxylic acids is 3. The zero-order valence-corrected chi connectivity index (χ0v) is 22.3. The normalized spacial score (nSPS) is 23.0. The summed E-state index contributed by atoms with van der Waals surface area (Å²) < 4.78 is 14.4. The molecule has 3 amide bonds. The topological polar surface area (TPSA) is 91.4 Å². The fourth-order valence-corrected chi connectivity index (χ4v) is 6.48. The highest BCUT2D eigenvalue weighted by atomic mass is 19.1. The largest absolute Gasteiger partial charge is 0.326 e. The van der Waals surface area contributed by atoms with E-state index in [0.29, 0.717) is 42.8 Å². The van der Waals surface area contributed by atoms with Gasteiger partial charge in [0.15, 0.2) is 0 Å². The van der Waals surface area contributed by atoms with Crippen LogP contribution < -0.4 is 10.6 Å². The van der Waals surface area contributed by atoms with Gasteiger partial charge >= 0.3 is 0 Å². The molecule has 3 heterocycles. The van der Waals surface area contributed by atoms with Crippen molar-refractivity contribution in [1.29, 1.82) is 0 Å². The van der Waals surface area contributed by atoms with Crippen molar-refractivity contribution in [1.82, 2.24) is 9.88 Å². The summed E-state index contributed by atoms with van der Waals surface area (Å²) in [5, 5.41) is 5.87. The van der Waals surface area contributed by atoms with Crippen molar-refractivity contribution < 1.29 is 18.8 Å². The van der Waals surface area contributed by atoms with Gasteiger partial charge in [-0.25, -0.2) is 9.37 Å². The lowest BCUT2D eigenvalue weighted by molar-refractivity contribution is -0.150. The van der Waals surface area contributed by atoms with Crippen LogP contribution in [-0.2, 0) is 32.6 Å². The molecule has 2 aliphatic heterocycles. The summed E-state index contributed by atoms with van der Waals surface area (Å²) in [6.45, 7) is 5.35. The molecule has 0 bridgehead atoms. The van der Waals surface area contributed by atoms with E-state index in [2.05, 4.69) is 15.6 Å². The Morgan fingerprint density at radius 3 is 2.74 bits per heavy atom. The van der Waals surface area contributed by atoms with E-state index in [1.54, 1.807) is 24.1 Å². The maximum absolute atomic E-state index is 14.4. The Morgan fingerprint density at radius 2 is 1.92 bits per heavy atom. The Morgan fingerprint density at radius 1 is 1.13 bits per heavy atom. The molecule has 39 heavy (non-hydrogen) atoms. The summed E-state index contributed by atoms with van der Waals surface area (Å²) in [4.78, 5) is 45.6. The summed E-state index contributed by atoms with van der Waals surface area (Å²) in [6.07, 6.45) is 4.07. The van der Waals surface area contributed by atoms with Crippen LogP contribution in [-0.4, -0.2) is 34.2 Å². The highest BCUT2D eigenvalue weighted by Crippen LogP contribution is 2.47. The molecule has 3 aliphatic rings. The number of aromatic nitrogens is 1. The molecule has 1 aromatic heterocycles. The van der Waals surface area contributed by atoms with Crippen LogP contribution >= 0.6 is 0 Å². The van der Waals surface area contributed by atoms with E-state index in [1.807, 2.05) is 50.2 Å². The number of fused-ring (bicyclic) bond motifs is 3. The summed E-state index contributed by atoms with van der Waals surface area (Å²) in [6, 6.07) is 14.0. The average molecular weight is 527 g/mol. The van der Waals surface area contributed by atoms with Gasteiger partial charge in [-0.15, -0.1) is 0 Å². The molecule has 0 unspecified atom stereocenters. The van der Waals surface area contributed by atoms with Gasteiger partial charge in [0.2, 0.25) is 17.7 Å². The number of hydrogen-bond donors (Lipinski definition) is 2. The van der Waals surface area contributed by atoms with E-state index in [1.165, 1.54) is 6.07 Å². The van der Waals surface area contributed by atoms with Gasteiger partial charge in [-0.1, -0.05) is 38.1 Å². The molecule has 1 saturated heterocycles. The number of pyridine rings is 1. The third-order valence-electron chi connectivity index (χ3n) is 8.71. The SMILES string of the molecule is Cc1c(F)cccc1[C@@H]1CCC(C)(C)C(=O)N1CC(=O)Nc1ccc2c(c1)C[C@@]1(C2)C(=O)Nc2ncccc21. The highest BCUT2D eigenvalue weighted by Gasteiger charge is 2.51. The Balaban J connectivity index is 1.22. The molecule has 2 N–H and O–H groups in total. The Labute approximate surface area is 226 Å². The first-order chi connectivity index (χ1) is 18.6. The molecule has 200 valence electrons. The predicted octanol–water partition coefficient (Wildman–Crippen LogP) is 4.85. The number of amides is 3. The maximum atomic E-state index is 14.4. The number of likely N-dealkylation sites (tertiary alicyclic amines) is 1. The molecule has 8 heteroatoms. The van der Waals surface area contributed by atoms with Crippen LogP contribution in [0.5, 0.6) is 0 Å². The monoisotopic (exact) mass is 526 g/mol. The van der Waals surface area contributed by atoms with Crippen molar-refractivity contribution >= 4 is 29.2 Å². The smallest absolute Gasteiger partial charge is 0.244 e. The molecule has 7 nitrogen and oxygen atoms in total. The molecular formula is C31H31FN4O3. The quantitative estimate of drug-likeness (QED) is 0.509. The second-order valence-electron chi connectivity index (χ2n) is 11.6. The molecule has 1 fully saturated rings. The molecule has 1 spiro atoms. The average Bonchev–Trinajstić information content (AvgIpc) is 3.41. The van der Waals surface area contributed by atoms with Crippen LogP contribution in [0.4, 0.5) is 15.9 Å². The number of hydrogen-bond acceptors (Lipinski definition) is 4. The van der Waals surface area contributed by atoms with Crippen molar-refractivity contribution in [2.75, 3.05) is 17.2 Å². The van der Waals surface area contributed by atoms with Crippen LogP contribution in [0.3, 0.4) is 0 Å². The van der Waals surface area contributed by atoms with Gasteiger partial charge in [0.1, 0.15) is 18.2 Å². The lowest BCUT2D eigenvalue weighted by Crippen LogP contribution is -2.50. The molecule has 6 rings (SSSR count). The first-order valence-corrected chi connectivity index (χ1v) is 13.3. The minimum Gasteiger partial charge on any atom is -0.326 e. The zero-order chi connectivity index (χ0) is 27.5. The number of benzene rings is 2. The summed E-state index contributed by atoms with van der Waals surface area (Å²) in [5.74, 6) is -0.197. The minimum absolute atomic E-state index is 0.0529. The van der Waals surface area contributed by atoms with Crippen LogP contribution in [0.15, 0.2) is 54.7 Å². The van der Waals surface area contributed by atoms with Crippen LogP contribution in [0.25, 0.3) is 0 Å². The molecule has 2 atom stereocenters. The van der Waals surface area contributed by atoms with Crippen molar-refractivity contribution in [3.05, 3.63) is 88.4 Å². The number of nitrogens with one attached hydrogen (secondary N) is 2. The van der Waals surface area contributed by atoms with Gasteiger partial charge in [-0.3, -0.25) is 14.4 Å². The first-order valence-electron chi connectivity index (χ1n) is 13.3. The minimum atomic E-state index is -0.684. The third kappa shape index (κ3) is 4.09. The second-order valence-corrected chi connectivity index (χ2v) is 11.6. The standard InChI is InChI=1S/C31H31FN4O3/c1-18-22(6-4-8-24(18)32)25-11-12-30(2,3)29(39)36(25)17-26(37)34-21-10-9-19-15-31(16-20(19)14-21)23-7-5-13-33-27(23)35-28(31)38/h4-10,13-14,25H,11-12,15-17H2,1-3H3,(H,34,37)(H,33,35,38)/t25-,31+/m0/s1. The third-order valence-corrected chi connectivity index (χ3v) is 8.71. The molecule has 0 radical (unpaired) electrons. The van der Waals surface area contributed by atoms with E-state index >= 15 is 0 Å². The van der Waals surface area contributed by atoms with Gasteiger partial charge < -0.3 is 15.5 Å². The highest BCUT2D eigenvalue weighted by molar-refractivity contribution is 6.06. The fraction of sp³-hybridized carbons (Fsp3) is 0.355. The van der Waals surface area contributed by atoms with E-state index in [4.69, 9.17) is 0 Å². The molecule has 2 aromatic carbocycles. The lowest BCUT2D eigenvalue weighted by atomic mass is 9.78. The van der Waals surface area contributed by atoms with E-state index in [-0.39, 0.29) is 36.1 Å². The van der Waals surface area contributed by atoms with E-state index in [9.17, 15) is 18.8 Å². The molecular weight excluding hydrogens is 495 g/mol. The lowest BCUT2D eigenvalue weighted by Gasteiger charge is -2.43. The van der Waals surface area contributed by atoms with Crippen LogP contribution in [0.1, 0.15) is 60.5 Å². The molecule has 3 aromatic rings. The van der Waals surface area contributed by atoms with E-state index in [0.717, 1.165) is 22.3 Å². The number of rotatable bonds is 4. The van der Waals surface area contributed by atoms with Crippen molar-refractivity contribution in [2.45, 2.75) is 57.9 Å². The van der Waals surface area contributed by atoms with Crippen molar-refractivity contribution in [3.8, 4) is 0 Å². The number of piperidine rings is 1. The zero-order valence-electron chi connectivity index (χ0n) is 22.3. The Bertz CT molecular complexity index is 1530. The predicted molar refractivity (Wildman–Crippen MR) is 146 cm³/mol. The molecule has 1 aliphatic carbocycles. The van der Waals surface area contributed by atoms with E-state index < -0.39 is 10.8 Å². The van der Waals surface area contributed by atoms with Crippen molar-refractivity contribution in [2.24, 2.45) is 5.41 Å². The Hall–Kier alpha value is -4.07. The number of anilines is 2. The summed E-state index contributed by atoms with van der Waals surface area (Å²) in [7, 11) is 0. The maximum Gasteiger partial charge on any atom is 0.244 e. The van der Waals surface area contributed by atoms with Gasteiger partial charge in [-0.2, -0.15) is 0 Å². The second kappa shape index (κ2) is 9.00.